The maximum atomic E-state index is 13.7. The van der Waals surface area contributed by atoms with Gasteiger partial charge in [-0.2, -0.15) is 0 Å². The summed E-state index contributed by atoms with van der Waals surface area (Å²) in [6.07, 6.45) is 0. The van der Waals surface area contributed by atoms with Crippen LogP contribution in [0.4, 0.5) is 4.39 Å². The van der Waals surface area contributed by atoms with E-state index in [-0.39, 0.29) is 17.4 Å². The van der Waals surface area contributed by atoms with Crippen LogP contribution in [0.15, 0.2) is 27.6 Å². The van der Waals surface area contributed by atoms with E-state index in [1.54, 1.807) is 6.92 Å². The molecule has 0 saturated heterocycles. The second kappa shape index (κ2) is 5.87. The average Bonchev–Trinajstić information content (AvgIpc) is 2.27. The first kappa shape index (κ1) is 16.6. The Hall–Kier alpha value is -0.500. The van der Waals surface area contributed by atoms with Crippen molar-refractivity contribution in [2.75, 3.05) is 6.54 Å². The highest BCUT2D eigenvalue weighted by molar-refractivity contribution is 9.10. The highest BCUT2D eigenvalue weighted by Gasteiger charge is 2.33. The van der Waals surface area contributed by atoms with E-state index in [9.17, 15) is 12.8 Å². The molecule has 0 aromatic heterocycles. The second-order valence-electron chi connectivity index (χ2n) is 4.96. The van der Waals surface area contributed by atoms with Gasteiger partial charge in [-0.1, -0.05) is 29.8 Å². The molecular formula is C12H18BrFN2O2S. The molecule has 19 heavy (non-hydrogen) atoms. The minimum absolute atomic E-state index is 0.0224. The van der Waals surface area contributed by atoms with E-state index >= 15 is 0 Å². The van der Waals surface area contributed by atoms with E-state index in [1.807, 2.05) is 13.8 Å². The lowest BCUT2D eigenvalue weighted by atomic mass is 9.90. The molecule has 0 amide bonds. The summed E-state index contributed by atoms with van der Waals surface area (Å²) >= 11 is 3.09. The van der Waals surface area contributed by atoms with Crippen LogP contribution < -0.4 is 10.5 Å². The van der Waals surface area contributed by atoms with Crippen molar-refractivity contribution in [1.29, 1.82) is 0 Å². The van der Waals surface area contributed by atoms with E-state index in [1.165, 1.54) is 12.1 Å². The first-order valence-electron chi connectivity index (χ1n) is 5.81. The van der Waals surface area contributed by atoms with E-state index in [2.05, 4.69) is 20.7 Å². The SMILES string of the molecule is CC(C)C(C)(CN)NS(=O)(=O)c1ccc(Br)cc1F. The predicted molar refractivity (Wildman–Crippen MR) is 76.7 cm³/mol. The molecule has 0 bridgehead atoms. The minimum atomic E-state index is -3.95. The molecule has 0 heterocycles. The Balaban J connectivity index is 3.18. The third kappa shape index (κ3) is 3.75. The molecule has 0 spiro atoms. The number of hydrogen-bond donors (Lipinski definition) is 2. The number of nitrogens with one attached hydrogen (secondary N) is 1. The zero-order chi connectivity index (χ0) is 14.8. The summed E-state index contributed by atoms with van der Waals surface area (Å²) in [6, 6.07) is 3.82. The van der Waals surface area contributed by atoms with Crippen molar-refractivity contribution in [3.8, 4) is 0 Å². The lowest BCUT2D eigenvalue weighted by Gasteiger charge is -2.33. The number of sulfonamides is 1. The van der Waals surface area contributed by atoms with Gasteiger partial charge in [0, 0.05) is 16.6 Å². The fraction of sp³-hybridized carbons (Fsp3) is 0.500. The van der Waals surface area contributed by atoms with Gasteiger partial charge in [0.2, 0.25) is 10.0 Å². The summed E-state index contributed by atoms with van der Waals surface area (Å²) in [4.78, 5) is -0.379. The van der Waals surface area contributed by atoms with Crippen LogP contribution in [0.5, 0.6) is 0 Å². The highest BCUT2D eigenvalue weighted by atomic mass is 79.9. The van der Waals surface area contributed by atoms with E-state index < -0.39 is 21.4 Å². The van der Waals surface area contributed by atoms with Gasteiger partial charge in [0.05, 0.1) is 0 Å². The van der Waals surface area contributed by atoms with Crippen LogP contribution in [-0.4, -0.2) is 20.5 Å². The van der Waals surface area contributed by atoms with Gasteiger partial charge in [-0.25, -0.2) is 17.5 Å². The monoisotopic (exact) mass is 352 g/mol. The zero-order valence-corrected chi connectivity index (χ0v) is 13.5. The Labute approximate surface area is 121 Å². The van der Waals surface area contributed by atoms with Crippen molar-refractivity contribution in [2.45, 2.75) is 31.2 Å². The van der Waals surface area contributed by atoms with Gasteiger partial charge in [0.15, 0.2) is 0 Å². The van der Waals surface area contributed by atoms with Gasteiger partial charge >= 0.3 is 0 Å². The average molecular weight is 353 g/mol. The van der Waals surface area contributed by atoms with Crippen LogP contribution in [0.2, 0.25) is 0 Å². The maximum absolute atomic E-state index is 13.7. The molecule has 108 valence electrons. The quantitative estimate of drug-likeness (QED) is 0.853. The topological polar surface area (TPSA) is 72.2 Å². The fourth-order valence-electron chi connectivity index (χ4n) is 1.45. The van der Waals surface area contributed by atoms with Crippen molar-refractivity contribution in [3.63, 3.8) is 0 Å². The summed E-state index contributed by atoms with van der Waals surface area (Å²) in [7, 11) is -3.95. The largest absolute Gasteiger partial charge is 0.329 e. The van der Waals surface area contributed by atoms with E-state index in [4.69, 9.17) is 5.73 Å². The van der Waals surface area contributed by atoms with Crippen molar-refractivity contribution in [3.05, 3.63) is 28.5 Å². The molecule has 1 rings (SSSR count). The van der Waals surface area contributed by atoms with Crippen molar-refractivity contribution in [2.24, 2.45) is 11.7 Å². The van der Waals surface area contributed by atoms with Crippen molar-refractivity contribution < 1.29 is 12.8 Å². The fourth-order valence-corrected chi connectivity index (χ4v) is 3.39. The van der Waals surface area contributed by atoms with Crippen LogP contribution >= 0.6 is 15.9 Å². The summed E-state index contributed by atoms with van der Waals surface area (Å²) in [5, 5.41) is 0. The Morgan fingerprint density at radius 3 is 2.47 bits per heavy atom. The lowest BCUT2D eigenvalue weighted by Crippen LogP contribution is -2.54. The number of benzene rings is 1. The van der Waals surface area contributed by atoms with E-state index in [0.29, 0.717) is 4.47 Å². The van der Waals surface area contributed by atoms with Crippen LogP contribution in [0, 0.1) is 11.7 Å². The molecule has 0 saturated carbocycles. The van der Waals surface area contributed by atoms with Crippen LogP contribution in [-0.2, 0) is 10.0 Å². The summed E-state index contributed by atoms with van der Waals surface area (Å²) < 4.78 is 41.2. The van der Waals surface area contributed by atoms with Crippen LogP contribution in [0.25, 0.3) is 0 Å². The molecule has 0 aliphatic rings. The smallest absolute Gasteiger partial charge is 0.244 e. The third-order valence-electron chi connectivity index (χ3n) is 3.25. The molecule has 1 aromatic carbocycles. The molecule has 0 aliphatic heterocycles. The van der Waals surface area contributed by atoms with Gasteiger partial charge in [-0.15, -0.1) is 0 Å². The molecule has 0 radical (unpaired) electrons. The third-order valence-corrected chi connectivity index (χ3v) is 5.39. The molecule has 1 unspecified atom stereocenters. The Morgan fingerprint density at radius 1 is 1.47 bits per heavy atom. The molecular weight excluding hydrogens is 335 g/mol. The van der Waals surface area contributed by atoms with Crippen LogP contribution in [0.3, 0.4) is 0 Å². The molecule has 0 fully saturated rings. The lowest BCUT2D eigenvalue weighted by molar-refractivity contribution is 0.314. The van der Waals surface area contributed by atoms with Gasteiger partial charge < -0.3 is 5.73 Å². The van der Waals surface area contributed by atoms with Crippen molar-refractivity contribution in [1.82, 2.24) is 4.72 Å². The summed E-state index contributed by atoms with van der Waals surface area (Å²) in [6.45, 7) is 5.54. The molecule has 7 heteroatoms. The van der Waals surface area contributed by atoms with Crippen molar-refractivity contribution >= 4 is 26.0 Å². The normalized spacial score (nSPS) is 15.5. The summed E-state index contributed by atoms with van der Waals surface area (Å²) in [5.41, 5.74) is 4.81. The van der Waals surface area contributed by atoms with Gasteiger partial charge in [-0.3, -0.25) is 0 Å². The first-order valence-corrected chi connectivity index (χ1v) is 8.09. The number of nitrogens with two attached hydrogens (primary N) is 1. The number of halogens is 2. The Morgan fingerprint density at radius 2 is 2.05 bits per heavy atom. The van der Waals surface area contributed by atoms with Crippen LogP contribution in [0.1, 0.15) is 20.8 Å². The molecule has 1 atom stereocenters. The second-order valence-corrected chi connectivity index (χ2v) is 7.52. The minimum Gasteiger partial charge on any atom is -0.329 e. The van der Waals surface area contributed by atoms with Gasteiger partial charge in [0.1, 0.15) is 10.7 Å². The molecule has 0 aliphatic carbocycles. The standard InChI is InChI=1S/C12H18BrFN2O2S/c1-8(2)12(3,7-15)16-19(17,18)11-5-4-9(13)6-10(11)14/h4-6,8,16H,7,15H2,1-3H3. The Bertz CT molecular complexity index is 563. The zero-order valence-electron chi connectivity index (χ0n) is 11.1. The van der Waals surface area contributed by atoms with Gasteiger partial charge in [-0.05, 0) is 31.0 Å². The van der Waals surface area contributed by atoms with Gasteiger partial charge in [0.25, 0.3) is 0 Å². The maximum Gasteiger partial charge on any atom is 0.244 e. The number of rotatable bonds is 5. The number of hydrogen-bond acceptors (Lipinski definition) is 3. The Kier molecular flexibility index (Phi) is 5.11. The summed E-state index contributed by atoms with van der Waals surface area (Å²) in [5.74, 6) is -0.823. The predicted octanol–water partition coefficient (Wildman–Crippen LogP) is 2.24. The highest BCUT2D eigenvalue weighted by Crippen LogP contribution is 2.23. The molecule has 3 N–H and O–H groups in total. The first-order chi connectivity index (χ1) is 8.62. The molecule has 4 nitrogen and oxygen atoms in total. The molecule has 1 aromatic rings. The van der Waals surface area contributed by atoms with E-state index in [0.717, 1.165) is 6.07 Å².